The van der Waals surface area contributed by atoms with Gasteiger partial charge >= 0.3 is 0 Å². The topological polar surface area (TPSA) is 64.3 Å². The molecule has 0 atom stereocenters. The van der Waals surface area contributed by atoms with Crippen molar-refractivity contribution in [1.29, 1.82) is 0 Å². The number of nitrogens with two attached hydrogens (primary N) is 1. The van der Waals surface area contributed by atoms with Gasteiger partial charge in [-0.3, -0.25) is 10.2 Å². The summed E-state index contributed by atoms with van der Waals surface area (Å²) in [5.41, 5.74) is 4.61. The lowest BCUT2D eigenvalue weighted by Gasteiger charge is -2.07. The molecule has 1 amide bonds. The molecule has 4 heteroatoms. The van der Waals surface area contributed by atoms with Crippen LogP contribution in [0.1, 0.15) is 21.5 Å². The third-order valence-corrected chi connectivity index (χ3v) is 2.97. The molecule has 2 aromatic rings. The van der Waals surface area contributed by atoms with Gasteiger partial charge in [-0.05, 0) is 17.2 Å². The second kappa shape index (κ2) is 7.99. The lowest BCUT2D eigenvalue weighted by atomic mass is 10.1. The van der Waals surface area contributed by atoms with Crippen molar-refractivity contribution in [3.63, 3.8) is 0 Å². The Kier molecular flexibility index (Phi) is 5.70. The predicted molar refractivity (Wildman–Crippen MR) is 83.2 cm³/mol. The summed E-state index contributed by atoms with van der Waals surface area (Å²) in [7, 11) is 0. The minimum Gasteiger partial charge on any atom is -0.373 e. The van der Waals surface area contributed by atoms with E-state index in [-0.39, 0.29) is 5.91 Å². The Morgan fingerprint density at radius 2 is 1.81 bits per heavy atom. The fourth-order valence-electron chi connectivity index (χ4n) is 1.93. The van der Waals surface area contributed by atoms with E-state index in [1.54, 1.807) is 12.1 Å². The zero-order valence-electron chi connectivity index (χ0n) is 11.7. The normalized spacial score (nSPS) is 10.7. The fraction of sp³-hybridized carbons (Fsp3) is 0.118. The van der Waals surface area contributed by atoms with Crippen LogP contribution in [0.4, 0.5) is 0 Å². The van der Waals surface area contributed by atoms with E-state index in [9.17, 15) is 4.79 Å². The van der Waals surface area contributed by atoms with Gasteiger partial charge < -0.3 is 4.74 Å². The van der Waals surface area contributed by atoms with Crippen molar-refractivity contribution < 1.29 is 9.53 Å². The number of hydrogen-bond donors (Lipinski definition) is 2. The largest absolute Gasteiger partial charge is 0.373 e. The molecule has 2 rings (SSSR count). The molecule has 3 N–H and O–H groups in total. The van der Waals surface area contributed by atoms with Gasteiger partial charge in [-0.25, -0.2) is 5.84 Å². The quantitative estimate of drug-likeness (QED) is 0.370. The smallest absolute Gasteiger partial charge is 0.265 e. The highest BCUT2D eigenvalue weighted by molar-refractivity contribution is 5.95. The van der Waals surface area contributed by atoms with Gasteiger partial charge in [0, 0.05) is 5.56 Å². The van der Waals surface area contributed by atoms with Gasteiger partial charge in [-0.2, -0.15) is 0 Å². The number of carbonyl (C=O) groups excluding carboxylic acids is 1. The number of amides is 1. The Hall–Kier alpha value is -2.43. The number of nitrogen functional groups attached to an aromatic ring is 1. The molecular weight excluding hydrogens is 264 g/mol. The van der Waals surface area contributed by atoms with E-state index in [0.717, 1.165) is 11.1 Å². The summed E-state index contributed by atoms with van der Waals surface area (Å²) in [5.74, 6) is 4.85. The molecule has 21 heavy (non-hydrogen) atoms. The molecule has 4 nitrogen and oxygen atoms in total. The molecule has 0 fully saturated rings. The maximum atomic E-state index is 11.6. The first-order chi connectivity index (χ1) is 10.3. The first kappa shape index (κ1) is 15.0. The summed E-state index contributed by atoms with van der Waals surface area (Å²) in [6.07, 6.45) is 3.94. The monoisotopic (exact) mass is 282 g/mol. The van der Waals surface area contributed by atoms with Crippen LogP contribution in [0.5, 0.6) is 0 Å². The van der Waals surface area contributed by atoms with Crippen LogP contribution >= 0.6 is 0 Å². The lowest BCUT2D eigenvalue weighted by molar-refractivity contribution is 0.0946. The average Bonchev–Trinajstić information content (AvgIpc) is 2.55. The minimum atomic E-state index is -0.311. The summed E-state index contributed by atoms with van der Waals surface area (Å²) in [5, 5.41) is 0. The summed E-state index contributed by atoms with van der Waals surface area (Å²) >= 11 is 0. The minimum absolute atomic E-state index is 0.311. The van der Waals surface area contributed by atoms with Crippen LogP contribution in [0.25, 0.3) is 6.08 Å². The number of rotatable bonds is 6. The van der Waals surface area contributed by atoms with Gasteiger partial charge in [0.15, 0.2) is 0 Å². The van der Waals surface area contributed by atoms with Crippen molar-refractivity contribution in [2.75, 3.05) is 6.61 Å². The third kappa shape index (κ3) is 4.56. The fourth-order valence-corrected chi connectivity index (χ4v) is 1.93. The lowest BCUT2D eigenvalue weighted by Crippen LogP contribution is -2.30. The van der Waals surface area contributed by atoms with E-state index >= 15 is 0 Å². The van der Waals surface area contributed by atoms with Gasteiger partial charge in [0.2, 0.25) is 0 Å². The molecule has 0 saturated carbocycles. The highest BCUT2D eigenvalue weighted by Gasteiger charge is 2.08. The number of benzene rings is 2. The van der Waals surface area contributed by atoms with Crippen molar-refractivity contribution >= 4 is 12.0 Å². The predicted octanol–water partition coefficient (Wildman–Crippen LogP) is 2.52. The summed E-state index contributed by atoms with van der Waals surface area (Å²) in [6.45, 7) is 0.843. The maximum absolute atomic E-state index is 11.6. The van der Waals surface area contributed by atoms with Crippen LogP contribution in [0, 0.1) is 0 Å². The zero-order chi connectivity index (χ0) is 14.9. The van der Waals surface area contributed by atoms with Crippen LogP contribution in [0.2, 0.25) is 0 Å². The number of hydrogen-bond acceptors (Lipinski definition) is 3. The molecule has 0 aromatic heterocycles. The number of nitrogens with one attached hydrogen (secondary N) is 1. The first-order valence-electron chi connectivity index (χ1n) is 6.69. The van der Waals surface area contributed by atoms with E-state index in [1.165, 1.54) is 0 Å². The molecule has 0 spiro atoms. The second-order valence-electron chi connectivity index (χ2n) is 4.46. The number of carbonyl (C=O) groups is 1. The molecule has 0 heterocycles. The third-order valence-electron chi connectivity index (χ3n) is 2.97. The Balaban J connectivity index is 1.87. The molecule has 0 unspecified atom stereocenters. The molecular formula is C17H18N2O2. The van der Waals surface area contributed by atoms with Crippen LogP contribution < -0.4 is 11.3 Å². The molecule has 0 saturated heterocycles. The van der Waals surface area contributed by atoms with Crippen LogP contribution in [-0.4, -0.2) is 12.5 Å². The number of ether oxygens (including phenoxy) is 1. The Morgan fingerprint density at radius 1 is 1.10 bits per heavy atom. The van der Waals surface area contributed by atoms with Gasteiger partial charge in [-0.1, -0.05) is 60.7 Å². The van der Waals surface area contributed by atoms with E-state index in [0.29, 0.717) is 18.8 Å². The Bertz CT molecular complexity index is 609. The van der Waals surface area contributed by atoms with Gasteiger partial charge in [-0.15, -0.1) is 0 Å². The molecule has 0 aliphatic rings. The summed E-state index contributed by atoms with van der Waals surface area (Å²) < 4.78 is 5.57. The zero-order valence-corrected chi connectivity index (χ0v) is 11.7. The van der Waals surface area contributed by atoms with E-state index in [2.05, 4.69) is 5.43 Å². The first-order valence-corrected chi connectivity index (χ1v) is 6.69. The molecule has 108 valence electrons. The maximum Gasteiger partial charge on any atom is 0.265 e. The molecule has 2 aromatic carbocycles. The van der Waals surface area contributed by atoms with Crippen molar-refractivity contribution in [2.45, 2.75) is 6.61 Å². The summed E-state index contributed by atoms with van der Waals surface area (Å²) in [6, 6.07) is 17.2. The molecule has 0 bridgehead atoms. The van der Waals surface area contributed by atoms with E-state index < -0.39 is 0 Å². The van der Waals surface area contributed by atoms with E-state index in [4.69, 9.17) is 10.6 Å². The highest BCUT2D eigenvalue weighted by Crippen LogP contribution is 2.10. The second-order valence-corrected chi connectivity index (χ2v) is 4.46. The van der Waals surface area contributed by atoms with Gasteiger partial charge in [0.05, 0.1) is 13.2 Å². The Labute approximate surface area is 124 Å². The van der Waals surface area contributed by atoms with Crippen molar-refractivity contribution in [3.05, 3.63) is 77.4 Å². The summed E-state index contributed by atoms with van der Waals surface area (Å²) in [4.78, 5) is 11.6. The van der Waals surface area contributed by atoms with E-state index in [1.807, 2.05) is 54.6 Å². The van der Waals surface area contributed by atoms with Gasteiger partial charge in [0.1, 0.15) is 0 Å². The highest BCUT2D eigenvalue weighted by atomic mass is 16.5. The molecule has 0 aliphatic carbocycles. The molecule has 0 radical (unpaired) electrons. The average molecular weight is 282 g/mol. The van der Waals surface area contributed by atoms with Crippen molar-refractivity contribution in [3.8, 4) is 0 Å². The van der Waals surface area contributed by atoms with Crippen molar-refractivity contribution in [2.24, 2.45) is 5.84 Å². The van der Waals surface area contributed by atoms with Crippen molar-refractivity contribution in [1.82, 2.24) is 5.43 Å². The molecule has 0 aliphatic heterocycles. The Morgan fingerprint density at radius 3 is 2.57 bits per heavy atom. The van der Waals surface area contributed by atoms with Crippen LogP contribution in [0.3, 0.4) is 0 Å². The van der Waals surface area contributed by atoms with Gasteiger partial charge in [0.25, 0.3) is 5.91 Å². The number of hydrazine groups is 1. The van der Waals surface area contributed by atoms with Crippen LogP contribution in [-0.2, 0) is 11.3 Å². The SMILES string of the molecule is NNC(=O)c1ccccc1COCC=Cc1ccccc1. The standard InChI is InChI=1S/C17H18N2O2/c18-19-17(20)16-11-5-4-10-15(16)13-21-12-6-9-14-7-2-1-3-8-14/h1-11H,12-13,18H2,(H,19,20). The van der Waals surface area contributed by atoms with Crippen LogP contribution in [0.15, 0.2) is 60.7 Å².